The molecule has 0 aliphatic rings. The Bertz CT molecular complexity index is 1040. The first-order valence-electron chi connectivity index (χ1n) is 8.46. The van der Waals surface area contributed by atoms with E-state index in [9.17, 15) is 15.0 Å². The predicted octanol–water partition coefficient (Wildman–Crippen LogP) is 4.67. The first-order valence-corrected chi connectivity index (χ1v) is 8.46. The summed E-state index contributed by atoms with van der Waals surface area (Å²) in [6, 6.07) is 22.3. The van der Waals surface area contributed by atoms with Gasteiger partial charge in [-0.1, -0.05) is 54.6 Å². The molecule has 3 aromatic carbocycles. The number of phenols is 1. The minimum atomic E-state index is -1.08. The minimum absolute atomic E-state index is 0. The maximum Gasteiger partial charge on any atom is 0.337 e. The second-order valence-electron chi connectivity index (χ2n) is 5.82. The third-order valence-corrected chi connectivity index (χ3v) is 3.89. The zero-order valence-corrected chi connectivity index (χ0v) is 16.3. The second-order valence-corrected chi connectivity index (χ2v) is 5.82. The normalized spacial score (nSPS) is 11.1. The topological polar surface area (TPSA) is 97.9 Å². The van der Waals surface area contributed by atoms with Crippen LogP contribution < -0.4 is 5.01 Å². The Balaban J connectivity index is 0.00000300. The summed E-state index contributed by atoms with van der Waals surface area (Å²) >= 11 is 0. The maximum absolute atomic E-state index is 11.4. The fourth-order valence-corrected chi connectivity index (χ4v) is 2.50. The van der Waals surface area contributed by atoms with Crippen LogP contribution in [0.4, 0.5) is 11.4 Å². The van der Waals surface area contributed by atoms with E-state index in [0.29, 0.717) is 11.3 Å². The quantitative estimate of drug-likeness (QED) is 0.199. The Morgan fingerprint density at radius 2 is 1.52 bits per heavy atom. The van der Waals surface area contributed by atoms with Gasteiger partial charge < -0.3 is 10.2 Å². The molecule has 0 aliphatic heterocycles. The van der Waals surface area contributed by atoms with Crippen molar-refractivity contribution < 1.29 is 32.1 Å². The molecule has 0 saturated carbocycles. The molecule has 0 bridgehead atoms. The molecule has 3 aromatic rings. The Hall–Kier alpha value is -3.48. The molecule has 151 valence electrons. The second kappa shape index (κ2) is 10.2. The van der Waals surface area contributed by atoms with Gasteiger partial charge in [-0.3, -0.25) is 5.01 Å². The molecule has 0 unspecified atom stereocenters. The number of benzene rings is 3. The van der Waals surface area contributed by atoms with Crippen LogP contribution in [0.1, 0.15) is 15.9 Å². The van der Waals surface area contributed by atoms with Gasteiger partial charge in [0.05, 0.1) is 5.56 Å². The first kappa shape index (κ1) is 21.8. The number of carboxylic acids is 1. The fourth-order valence-electron chi connectivity index (χ4n) is 2.50. The molecular weight excluding hydrogens is 420 g/mol. The Morgan fingerprint density at radius 1 is 0.897 bits per heavy atom. The van der Waals surface area contributed by atoms with Gasteiger partial charge >= 0.3 is 5.97 Å². The zero-order valence-electron chi connectivity index (χ0n) is 15.4. The Kier molecular flexibility index (Phi) is 7.65. The first-order chi connectivity index (χ1) is 13.6. The van der Waals surface area contributed by atoms with Crippen LogP contribution in [0.15, 0.2) is 94.2 Å². The van der Waals surface area contributed by atoms with Crippen molar-refractivity contribution in [2.45, 2.75) is 0 Å². The van der Waals surface area contributed by atoms with Gasteiger partial charge in [0.2, 0.25) is 5.84 Å². The Labute approximate surface area is 178 Å². The molecular formula is C21H18CuN4O3. The van der Waals surface area contributed by atoms with Gasteiger partial charge in [0.15, 0.2) is 0 Å². The number of azo groups is 1. The summed E-state index contributed by atoms with van der Waals surface area (Å²) in [4.78, 5) is 11.4. The number of anilines is 1. The molecule has 8 heteroatoms. The summed E-state index contributed by atoms with van der Waals surface area (Å²) in [6.45, 7) is 0. The monoisotopic (exact) mass is 437 g/mol. The van der Waals surface area contributed by atoms with Crippen molar-refractivity contribution in [2.75, 3.05) is 12.1 Å². The van der Waals surface area contributed by atoms with Gasteiger partial charge in [-0.2, -0.15) is 5.10 Å². The van der Waals surface area contributed by atoms with Gasteiger partial charge in [0.1, 0.15) is 17.1 Å². The van der Waals surface area contributed by atoms with E-state index in [1.165, 1.54) is 11.1 Å². The molecule has 2 N–H and O–H groups in total. The molecule has 0 fully saturated rings. The van der Waals surface area contributed by atoms with Crippen LogP contribution in [0, 0.1) is 0 Å². The summed E-state index contributed by atoms with van der Waals surface area (Å²) in [5.41, 5.74) is 1.47. The number of carboxylic acid groups (broad SMARTS) is 1. The number of phenolic OH excluding ortho intramolecular Hbond substituents is 1. The van der Waals surface area contributed by atoms with Crippen molar-refractivity contribution in [3.8, 4) is 5.75 Å². The number of rotatable bonds is 5. The smallest absolute Gasteiger partial charge is 0.337 e. The van der Waals surface area contributed by atoms with Crippen LogP contribution in [-0.2, 0) is 17.1 Å². The summed E-state index contributed by atoms with van der Waals surface area (Å²) in [6.07, 6.45) is 0. The molecule has 0 spiro atoms. The summed E-state index contributed by atoms with van der Waals surface area (Å²) < 4.78 is 0. The minimum Gasteiger partial charge on any atom is -0.506 e. The van der Waals surface area contributed by atoms with Crippen molar-refractivity contribution in [3.63, 3.8) is 0 Å². The van der Waals surface area contributed by atoms with E-state index in [0.717, 1.165) is 0 Å². The largest absolute Gasteiger partial charge is 0.506 e. The average molecular weight is 438 g/mol. The number of hydrogen-bond acceptors (Lipinski definition) is 5. The molecule has 7 nitrogen and oxygen atoms in total. The number of nitrogens with zero attached hydrogens (tertiary/aromatic N) is 4. The zero-order chi connectivity index (χ0) is 19.9. The van der Waals surface area contributed by atoms with Gasteiger partial charge in [0, 0.05) is 29.7 Å². The average Bonchev–Trinajstić information content (AvgIpc) is 2.72. The van der Waals surface area contributed by atoms with Crippen molar-refractivity contribution in [2.24, 2.45) is 15.3 Å². The summed E-state index contributed by atoms with van der Waals surface area (Å²) in [5, 5.41) is 33.6. The molecule has 0 atom stereocenters. The standard InChI is InChI=1S/C21H18N4O3.Cu/c1-25(18-13-7-8-14-19(18)26)24-20(15-9-3-2-4-10-15)23-22-17-12-6-5-11-16(17)21(27)28;/h2-14,26H,1H3,(H,27,28);/b23-22?,24-20-;. The number of amidine groups is 1. The van der Waals surface area contributed by atoms with Crippen molar-refractivity contribution in [1.82, 2.24) is 0 Å². The van der Waals surface area contributed by atoms with E-state index in [2.05, 4.69) is 15.3 Å². The molecule has 1 radical (unpaired) electrons. The fraction of sp³-hybridized carbons (Fsp3) is 0.0476. The number of aromatic hydroxyl groups is 1. The molecule has 3 rings (SSSR count). The van der Waals surface area contributed by atoms with Crippen molar-refractivity contribution >= 4 is 23.2 Å². The number of hydrogen-bond donors (Lipinski definition) is 2. The van der Waals surface area contributed by atoms with Crippen LogP contribution in [0.25, 0.3) is 0 Å². The van der Waals surface area contributed by atoms with Gasteiger partial charge in [-0.25, -0.2) is 4.79 Å². The van der Waals surface area contributed by atoms with Crippen molar-refractivity contribution in [3.05, 3.63) is 90.0 Å². The Morgan fingerprint density at radius 3 is 2.21 bits per heavy atom. The van der Waals surface area contributed by atoms with Crippen LogP contribution in [-0.4, -0.2) is 29.1 Å². The van der Waals surface area contributed by atoms with Crippen LogP contribution in [0.5, 0.6) is 5.75 Å². The van der Waals surface area contributed by atoms with Crippen LogP contribution in [0.3, 0.4) is 0 Å². The van der Waals surface area contributed by atoms with Crippen LogP contribution >= 0.6 is 0 Å². The van der Waals surface area contributed by atoms with E-state index in [1.807, 2.05) is 30.3 Å². The SMILES string of the molecule is CN(/N=C(\N=Nc1ccccc1C(=O)O)c1ccccc1)c1ccccc1O.[Cu]. The summed E-state index contributed by atoms with van der Waals surface area (Å²) in [5.74, 6) is -0.736. The molecule has 0 heterocycles. The van der Waals surface area contributed by atoms with E-state index >= 15 is 0 Å². The summed E-state index contributed by atoms with van der Waals surface area (Å²) in [7, 11) is 1.68. The number of carbonyl (C=O) groups is 1. The molecule has 0 aromatic heterocycles. The third-order valence-electron chi connectivity index (χ3n) is 3.89. The van der Waals surface area contributed by atoms with Gasteiger partial charge in [-0.05, 0) is 24.3 Å². The predicted molar refractivity (Wildman–Crippen MR) is 107 cm³/mol. The van der Waals surface area contributed by atoms with Gasteiger partial charge in [-0.15, -0.1) is 10.2 Å². The van der Waals surface area contributed by atoms with E-state index < -0.39 is 5.97 Å². The number of para-hydroxylation sites is 2. The van der Waals surface area contributed by atoms with E-state index in [-0.39, 0.29) is 39.9 Å². The third kappa shape index (κ3) is 5.51. The van der Waals surface area contributed by atoms with E-state index in [4.69, 9.17) is 0 Å². The number of hydrazone groups is 1. The van der Waals surface area contributed by atoms with Crippen molar-refractivity contribution in [1.29, 1.82) is 0 Å². The maximum atomic E-state index is 11.4. The molecule has 0 amide bonds. The van der Waals surface area contributed by atoms with Gasteiger partial charge in [0.25, 0.3) is 0 Å². The molecule has 29 heavy (non-hydrogen) atoms. The van der Waals surface area contributed by atoms with E-state index in [1.54, 1.807) is 49.5 Å². The number of aromatic carboxylic acids is 1. The molecule has 0 aliphatic carbocycles. The van der Waals surface area contributed by atoms with Crippen LogP contribution in [0.2, 0.25) is 0 Å². The molecule has 0 saturated heterocycles.